The molecule has 0 aromatic rings. The van der Waals surface area contributed by atoms with E-state index >= 15 is 0 Å². The summed E-state index contributed by atoms with van der Waals surface area (Å²) in [6, 6.07) is 0. The van der Waals surface area contributed by atoms with Gasteiger partial charge >= 0.3 is 0 Å². The summed E-state index contributed by atoms with van der Waals surface area (Å²) in [6.45, 7) is 28.6. The predicted octanol–water partition coefficient (Wildman–Crippen LogP) is 14.2. The topological polar surface area (TPSA) is 0 Å². The van der Waals surface area contributed by atoms with Gasteiger partial charge in [0.05, 0.1) is 0 Å². The third-order valence-corrected chi connectivity index (χ3v) is 9.28. The largest absolute Gasteiger partial charge is 0.0996 e. The van der Waals surface area contributed by atoms with Crippen molar-refractivity contribution in [3.8, 4) is 0 Å². The lowest BCUT2D eigenvalue weighted by molar-refractivity contribution is 0.127. The van der Waals surface area contributed by atoms with Gasteiger partial charge in [-0.15, -0.1) is 0 Å². The van der Waals surface area contributed by atoms with E-state index in [1.165, 1.54) is 80.9 Å². The fourth-order valence-corrected chi connectivity index (χ4v) is 6.80. The van der Waals surface area contributed by atoms with E-state index in [0.717, 1.165) is 30.6 Å². The molecule has 3 fully saturated rings. The molecule has 0 aromatic heterocycles. The maximum atomic E-state index is 4.44. The van der Waals surface area contributed by atoms with Gasteiger partial charge in [0.25, 0.3) is 0 Å². The zero-order chi connectivity index (χ0) is 25.9. The Morgan fingerprint density at radius 3 is 2.05 bits per heavy atom. The first-order chi connectivity index (χ1) is 16.2. The highest BCUT2D eigenvalue weighted by Gasteiger charge is 2.48. The standard InChI is InChI=1S/C30H48.2C2H6.4CH4/c1-22(2)11-8-9-13-27-16-17-28-26(12-10-19-30(27,28)7)15-14-25-18-20-29(6,23(3)4)21-24(25)5;2*1-2;;;;/h14-15,22,27-28H,3,5,8-13,16-21H2,1-2,4,6-7H3;2*1-2H3;4*1H4/b25-14+,26-15+;;;;;;. The van der Waals surface area contributed by atoms with Crippen molar-refractivity contribution >= 4 is 0 Å². The lowest BCUT2D eigenvalue weighted by Gasteiger charge is -2.42. The van der Waals surface area contributed by atoms with Crippen LogP contribution in [0.5, 0.6) is 0 Å². The summed E-state index contributed by atoms with van der Waals surface area (Å²) in [7, 11) is 0. The number of fused-ring (bicyclic) bond motifs is 1. The summed E-state index contributed by atoms with van der Waals surface area (Å²) in [4.78, 5) is 0. The Hall–Kier alpha value is -1.04. The van der Waals surface area contributed by atoms with E-state index < -0.39 is 0 Å². The van der Waals surface area contributed by atoms with E-state index in [2.05, 4.69) is 59.9 Å². The number of rotatable bonds is 7. The highest BCUT2D eigenvalue weighted by atomic mass is 14.5. The van der Waals surface area contributed by atoms with Crippen molar-refractivity contribution in [2.24, 2.45) is 28.6 Å². The zero-order valence-corrected chi connectivity index (χ0v) is 24.8. The molecule has 0 nitrogen and oxygen atoms in total. The first-order valence-electron chi connectivity index (χ1n) is 14.9. The second-order valence-corrected chi connectivity index (χ2v) is 11.9. The van der Waals surface area contributed by atoms with Crippen molar-refractivity contribution in [1.82, 2.24) is 0 Å². The van der Waals surface area contributed by atoms with Gasteiger partial charge in [-0.25, -0.2) is 0 Å². The maximum Gasteiger partial charge on any atom is -0.00784 e. The Labute approximate surface area is 245 Å². The summed E-state index contributed by atoms with van der Waals surface area (Å²) in [5.41, 5.74) is 6.71. The minimum absolute atomic E-state index is 0. The van der Waals surface area contributed by atoms with Crippen molar-refractivity contribution in [2.75, 3.05) is 0 Å². The monoisotopic (exact) mass is 533 g/mol. The molecule has 3 rings (SSSR count). The molecule has 3 aliphatic carbocycles. The minimum atomic E-state index is 0. The molecule has 228 valence electrons. The van der Waals surface area contributed by atoms with E-state index in [1.807, 2.05) is 27.7 Å². The molecule has 0 spiro atoms. The van der Waals surface area contributed by atoms with Crippen LogP contribution in [0.15, 0.2) is 47.6 Å². The van der Waals surface area contributed by atoms with Gasteiger partial charge < -0.3 is 0 Å². The van der Waals surface area contributed by atoms with Crippen molar-refractivity contribution in [1.29, 1.82) is 0 Å². The number of hydrogen-bond donors (Lipinski definition) is 0. The molecular formula is C38H76. The molecule has 3 aliphatic rings. The molecule has 0 heterocycles. The molecule has 0 saturated heterocycles. The molecule has 0 N–H and O–H groups in total. The van der Waals surface area contributed by atoms with Gasteiger partial charge in [-0.2, -0.15) is 0 Å². The first kappa shape index (κ1) is 44.0. The fourth-order valence-electron chi connectivity index (χ4n) is 6.80. The number of hydrogen-bond acceptors (Lipinski definition) is 0. The Bertz CT molecular complexity index is 702. The van der Waals surface area contributed by atoms with Gasteiger partial charge in [0.15, 0.2) is 0 Å². The van der Waals surface area contributed by atoms with Crippen LogP contribution in [0.25, 0.3) is 0 Å². The number of unbranched alkanes of at least 4 members (excludes halogenated alkanes) is 1. The molecular weight excluding hydrogens is 456 g/mol. The molecule has 3 saturated carbocycles. The van der Waals surface area contributed by atoms with Gasteiger partial charge in [0, 0.05) is 0 Å². The van der Waals surface area contributed by atoms with Crippen molar-refractivity contribution < 1.29 is 0 Å². The van der Waals surface area contributed by atoms with Gasteiger partial charge in [-0.05, 0) is 98.9 Å². The van der Waals surface area contributed by atoms with Crippen LogP contribution >= 0.6 is 0 Å². The lowest BCUT2D eigenvalue weighted by atomic mass is 9.62. The second kappa shape index (κ2) is 20.8. The molecule has 4 atom stereocenters. The van der Waals surface area contributed by atoms with Crippen LogP contribution in [0.1, 0.15) is 169 Å². The summed E-state index contributed by atoms with van der Waals surface area (Å²) in [5, 5.41) is 0. The molecule has 0 radical (unpaired) electrons. The quantitative estimate of drug-likeness (QED) is 0.226. The summed E-state index contributed by atoms with van der Waals surface area (Å²) in [6.07, 6.45) is 21.2. The first-order valence-corrected chi connectivity index (χ1v) is 14.9. The second-order valence-electron chi connectivity index (χ2n) is 11.9. The molecule has 0 aromatic carbocycles. The molecule has 0 bridgehead atoms. The Kier molecular flexibility index (Phi) is 24.1. The van der Waals surface area contributed by atoms with E-state index in [0.29, 0.717) is 5.41 Å². The van der Waals surface area contributed by atoms with Gasteiger partial charge in [-0.3, -0.25) is 0 Å². The van der Waals surface area contributed by atoms with Crippen LogP contribution in [0, 0.1) is 28.6 Å². The van der Waals surface area contributed by atoms with Crippen molar-refractivity contribution in [3.05, 3.63) is 47.6 Å². The summed E-state index contributed by atoms with van der Waals surface area (Å²) >= 11 is 0. The summed E-state index contributed by atoms with van der Waals surface area (Å²) < 4.78 is 0. The predicted molar refractivity (Wildman–Crippen MR) is 183 cm³/mol. The van der Waals surface area contributed by atoms with E-state index in [4.69, 9.17) is 0 Å². The molecule has 38 heavy (non-hydrogen) atoms. The van der Waals surface area contributed by atoms with Gasteiger partial charge in [-0.1, -0.05) is 146 Å². The van der Waals surface area contributed by atoms with Crippen LogP contribution in [0.4, 0.5) is 0 Å². The van der Waals surface area contributed by atoms with Crippen LogP contribution in [-0.4, -0.2) is 0 Å². The maximum absolute atomic E-state index is 4.44. The number of allylic oxidation sites excluding steroid dienone is 6. The van der Waals surface area contributed by atoms with Crippen LogP contribution in [-0.2, 0) is 0 Å². The van der Waals surface area contributed by atoms with Crippen molar-refractivity contribution in [2.45, 2.75) is 169 Å². The Balaban J connectivity index is -0.000000689. The average Bonchev–Trinajstić information content (AvgIpc) is 3.15. The zero-order valence-electron chi connectivity index (χ0n) is 24.8. The fraction of sp³-hybridized carbons (Fsp3) is 0.789. The highest BCUT2D eigenvalue weighted by Crippen LogP contribution is 2.58. The molecule has 0 heteroatoms. The average molecular weight is 533 g/mol. The normalized spacial score (nSPS) is 29.7. The van der Waals surface area contributed by atoms with Crippen LogP contribution in [0.2, 0.25) is 0 Å². The van der Waals surface area contributed by atoms with Gasteiger partial charge in [0.2, 0.25) is 0 Å². The SMILES string of the molecule is C.C.C.C.C=C1CC(C)(C(=C)C)CC/C1=C\C=C1/CCCC2(C)C(CCCCC(C)C)CCC12.CC.CC. The lowest BCUT2D eigenvalue weighted by Crippen LogP contribution is -2.33. The van der Waals surface area contributed by atoms with E-state index in [1.54, 1.807) is 5.57 Å². The Morgan fingerprint density at radius 2 is 1.53 bits per heavy atom. The molecule has 0 amide bonds. The van der Waals surface area contributed by atoms with Crippen LogP contribution in [0.3, 0.4) is 0 Å². The van der Waals surface area contributed by atoms with Crippen LogP contribution < -0.4 is 0 Å². The smallest absolute Gasteiger partial charge is 0.00784 e. The van der Waals surface area contributed by atoms with Crippen molar-refractivity contribution in [3.63, 3.8) is 0 Å². The summed E-state index contributed by atoms with van der Waals surface area (Å²) in [5.74, 6) is 2.64. The Morgan fingerprint density at radius 1 is 0.921 bits per heavy atom. The third kappa shape index (κ3) is 11.2. The van der Waals surface area contributed by atoms with E-state index in [-0.39, 0.29) is 35.1 Å². The molecule has 0 aliphatic heterocycles. The minimum Gasteiger partial charge on any atom is -0.0996 e. The molecule has 4 unspecified atom stereocenters. The third-order valence-electron chi connectivity index (χ3n) is 9.28. The van der Waals surface area contributed by atoms with Gasteiger partial charge in [0.1, 0.15) is 0 Å². The highest BCUT2D eigenvalue weighted by molar-refractivity contribution is 5.38. The van der Waals surface area contributed by atoms with E-state index in [9.17, 15) is 0 Å².